The summed E-state index contributed by atoms with van der Waals surface area (Å²) in [5, 5.41) is 6.35. The zero-order valence-electron chi connectivity index (χ0n) is 8.68. The normalized spacial score (nSPS) is 10.4. The number of H-pyrrole nitrogens is 1. The number of nitrogens with one attached hydrogen (secondary N) is 1. The van der Waals surface area contributed by atoms with Gasteiger partial charge >= 0.3 is 0 Å². The highest BCUT2D eigenvalue weighted by Gasteiger charge is 2.03. The van der Waals surface area contributed by atoms with Crippen molar-refractivity contribution >= 4 is 24.0 Å². The number of aromatic amines is 1. The molecule has 1 heterocycles. The molecule has 2 aromatic rings. The quantitative estimate of drug-likeness (QED) is 0.515. The molecular weight excluding hydrogens is 263 g/mol. The van der Waals surface area contributed by atoms with E-state index in [1.807, 2.05) is 0 Å². The molecule has 0 saturated heterocycles. The van der Waals surface area contributed by atoms with E-state index >= 15 is 0 Å². The topological polar surface area (TPSA) is 51.0 Å². The summed E-state index contributed by atoms with van der Waals surface area (Å²) >= 11 is 6.14. The molecule has 0 amide bonds. The third-order valence-electron chi connectivity index (χ3n) is 1.84. The zero-order chi connectivity index (χ0) is 12.1. The van der Waals surface area contributed by atoms with Crippen LogP contribution in [0.5, 0.6) is 5.75 Å². The van der Waals surface area contributed by atoms with E-state index in [1.165, 1.54) is 17.8 Å². The van der Waals surface area contributed by atoms with Crippen LogP contribution in [0.15, 0.2) is 28.7 Å². The van der Waals surface area contributed by atoms with Crippen molar-refractivity contribution in [2.75, 3.05) is 5.94 Å². The Hall–Kier alpha value is -1.34. The van der Waals surface area contributed by atoms with Crippen LogP contribution >= 0.6 is 24.0 Å². The number of nitrogens with zero attached hydrogens (tertiary/aromatic N) is 1. The molecular formula is C10H9FN2O2S2. The van der Waals surface area contributed by atoms with Gasteiger partial charge < -0.3 is 9.15 Å². The van der Waals surface area contributed by atoms with Crippen LogP contribution in [-0.2, 0) is 5.75 Å². The number of benzene rings is 1. The fraction of sp³-hybridized carbons (Fsp3) is 0.200. The number of ether oxygens (including phenoxy) is 1. The molecule has 0 fully saturated rings. The largest absolute Gasteiger partial charge is 0.480 e. The molecule has 90 valence electrons. The van der Waals surface area contributed by atoms with Crippen LogP contribution < -0.4 is 4.74 Å². The molecule has 17 heavy (non-hydrogen) atoms. The summed E-state index contributed by atoms with van der Waals surface area (Å²) in [6.07, 6.45) is 0. The SMILES string of the molecule is Fc1ccccc1OCSCc1n[nH]c(=S)o1. The lowest BCUT2D eigenvalue weighted by Gasteiger charge is -2.05. The molecule has 0 aliphatic heterocycles. The summed E-state index contributed by atoms with van der Waals surface area (Å²) < 4.78 is 23.5. The lowest BCUT2D eigenvalue weighted by molar-refractivity contribution is 0.367. The highest BCUT2D eigenvalue weighted by Crippen LogP contribution is 2.18. The van der Waals surface area contributed by atoms with E-state index in [1.54, 1.807) is 18.2 Å². The first-order valence-electron chi connectivity index (χ1n) is 4.75. The van der Waals surface area contributed by atoms with Gasteiger partial charge in [-0.1, -0.05) is 12.1 Å². The molecule has 1 N–H and O–H groups in total. The monoisotopic (exact) mass is 272 g/mol. The Morgan fingerprint density at radius 2 is 2.29 bits per heavy atom. The van der Waals surface area contributed by atoms with Gasteiger partial charge in [-0.15, -0.1) is 16.9 Å². The molecule has 0 unspecified atom stereocenters. The molecule has 1 aromatic carbocycles. The van der Waals surface area contributed by atoms with Gasteiger partial charge in [0.1, 0.15) is 5.94 Å². The third-order valence-corrected chi connectivity index (χ3v) is 2.75. The third kappa shape index (κ3) is 3.57. The maximum atomic E-state index is 13.2. The van der Waals surface area contributed by atoms with Crippen molar-refractivity contribution in [3.8, 4) is 5.75 Å². The lowest BCUT2D eigenvalue weighted by Crippen LogP contribution is -1.95. The van der Waals surface area contributed by atoms with E-state index in [9.17, 15) is 4.39 Å². The Labute approximate surface area is 106 Å². The fourth-order valence-electron chi connectivity index (χ4n) is 1.12. The van der Waals surface area contributed by atoms with E-state index in [0.717, 1.165) is 0 Å². The summed E-state index contributed by atoms with van der Waals surface area (Å²) in [6.45, 7) is 0. The van der Waals surface area contributed by atoms with Crippen molar-refractivity contribution in [2.24, 2.45) is 0 Å². The Balaban J connectivity index is 1.77. The standard InChI is InChI=1S/C10H9FN2O2S2/c11-7-3-1-2-4-8(7)14-6-17-5-9-12-13-10(16)15-9/h1-4H,5-6H2,(H,13,16). The minimum atomic E-state index is -0.370. The van der Waals surface area contributed by atoms with Crippen molar-refractivity contribution in [2.45, 2.75) is 5.75 Å². The second kappa shape index (κ2) is 5.83. The molecule has 0 atom stereocenters. The first-order chi connectivity index (χ1) is 8.25. The molecule has 0 spiro atoms. The summed E-state index contributed by atoms with van der Waals surface area (Å²) in [5.41, 5.74) is 0. The number of para-hydroxylation sites is 1. The fourth-order valence-corrected chi connectivity index (χ4v) is 1.85. The van der Waals surface area contributed by atoms with Crippen molar-refractivity contribution in [3.63, 3.8) is 0 Å². The number of aromatic nitrogens is 2. The maximum absolute atomic E-state index is 13.2. The van der Waals surface area contributed by atoms with Gasteiger partial charge in [0.25, 0.3) is 4.84 Å². The molecule has 0 aliphatic carbocycles. The first kappa shape index (κ1) is 12.1. The van der Waals surface area contributed by atoms with E-state index < -0.39 is 0 Å². The van der Waals surface area contributed by atoms with E-state index in [4.69, 9.17) is 21.4 Å². The number of thioether (sulfide) groups is 1. The van der Waals surface area contributed by atoms with E-state index in [-0.39, 0.29) is 16.4 Å². The van der Waals surface area contributed by atoms with Crippen LogP contribution in [0.1, 0.15) is 5.89 Å². The van der Waals surface area contributed by atoms with Crippen LogP contribution in [0.3, 0.4) is 0 Å². The van der Waals surface area contributed by atoms with Crippen molar-refractivity contribution in [1.82, 2.24) is 10.2 Å². The molecule has 4 nitrogen and oxygen atoms in total. The van der Waals surface area contributed by atoms with Crippen LogP contribution in [0, 0.1) is 10.7 Å². The van der Waals surface area contributed by atoms with Gasteiger partial charge in [-0.3, -0.25) is 0 Å². The number of hydrogen-bond acceptors (Lipinski definition) is 5. The van der Waals surface area contributed by atoms with Gasteiger partial charge in [0, 0.05) is 0 Å². The van der Waals surface area contributed by atoms with Crippen LogP contribution in [-0.4, -0.2) is 16.1 Å². The first-order valence-corrected chi connectivity index (χ1v) is 6.31. The van der Waals surface area contributed by atoms with Gasteiger partial charge in [-0.25, -0.2) is 9.49 Å². The van der Waals surface area contributed by atoms with Gasteiger partial charge in [-0.2, -0.15) is 0 Å². The lowest BCUT2D eigenvalue weighted by atomic mass is 10.3. The molecule has 0 saturated carbocycles. The molecule has 0 bridgehead atoms. The number of rotatable bonds is 5. The highest BCUT2D eigenvalue weighted by molar-refractivity contribution is 7.98. The smallest absolute Gasteiger partial charge is 0.284 e. The summed E-state index contributed by atoms with van der Waals surface area (Å²) in [7, 11) is 0. The summed E-state index contributed by atoms with van der Waals surface area (Å²) in [4.78, 5) is 0.246. The second-order valence-electron chi connectivity index (χ2n) is 3.05. The predicted molar refractivity (Wildman–Crippen MR) is 64.9 cm³/mol. The van der Waals surface area contributed by atoms with Crippen LogP contribution in [0.25, 0.3) is 0 Å². The Bertz CT molecular complexity index is 541. The Morgan fingerprint density at radius 3 is 3.00 bits per heavy atom. The zero-order valence-corrected chi connectivity index (χ0v) is 10.3. The van der Waals surface area contributed by atoms with Crippen molar-refractivity contribution in [3.05, 3.63) is 40.8 Å². The molecule has 1 aromatic heterocycles. The van der Waals surface area contributed by atoms with E-state index in [0.29, 0.717) is 17.6 Å². The molecule has 2 rings (SSSR count). The Kier molecular flexibility index (Phi) is 4.16. The highest BCUT2D eigenvalue weighted by atomic mass is 32.2. The average Bonchev–Trinajstić information content (AvgIpc) is 2.73. The minimum Gasteiger partial charge on any atom is -0.480 e. The number of halogens is 1. The summed E-state index contributed by atoms with van der Waals surface area (Å²) in [5.74, 6) is 1.20. The minimum absolute atomic E-state index is 0.239. The molecule has 0 aliphatic rings. The number of hydrogen-bond donors (Lipinski definition) is 1. The predicted octanol–water partition coefficient (Wildman–Crippen LogP) is 3.14. The maximum Gasteiger partial charge on any atom is 0.284 e. The van der Waals surface area contributed by atoms with Gasteiger partial charge in [-0.05, 0) is 24.4 Å². The van der Waals surface area contributed by atoms with Crippen molar-refractivity contribution in [1.29, 1.82) is 0 Å². The van der Waals surface area contributed by atoms with Crippen LogP contribution in [0.2, 0.25) is 0 Å². The average molecular weight is 272 g/mol. The van der Waals surface area contributed by atoms with Gasteiger partial charge in [0.05, 0.1) is 5.75 Å². The molecule has 7 heteroatoms. The second-order valence-corrected chi connectivity index (χ2v) is 4.35. The van der Waals surface area contributed by atoms with E-state index in [2.05, 4.69) is 10.2 Å². The van der Waals surface area contributed by atoms with Gasteiger partial charge in [0.15, 0.2) is 11.6 Å². The molecule has 0 radical (unpaired) electrons. The summed E-state index contributed by atoms with van der Waals surface area (Å²) in [6, 6.07) is 6.27. The van der Waals surface area contributed by atoms with Crippen LogP contribution in [0.4, 0.5) is 4.39 Å². The van der Waals surface area contributed by atoms with Gasteiger partial charge in [0.2, 0.25) is 5.89 Å². The Morgan fingerprint density at radius 1 is 1.47 bits per heavy atom. The van der Waals surface area contributed by atoms with Crippen molar-refractivity contribution < 1.29 is 13.5 Å².